The van der Waals surface area contributed by atoms with E-state index < -0.39 is 27.4 Å². The van der Waals surface area contributed by atoms with Crippen LogP contribution in [0.4, 0.5) is 8.78 Å². The number of hydrogen-bond acceptors (Lipinski definition) is 3. The van der Waals surface area contributed by atoms with Gasteiger partial charge in [0.15, 0.2) is 9.84 Å². The zero-order valence-electron chi connectivity index (χ0n) is 17.4. The number of benzene rings is 2. The molecule has 4 rings (SSSR count). The van der Waals surface area contributed by atoms with Gasteiger partial charge < -0.3 is 9.67 Å². The molecule has 32 heavy (non-hydrogen) atoms. The fraction of sp³-hybridized carbons (Fsp3) is 0.348. The maximum absolute atomic E-state index is 14.4. The summed E-state index contributed by atoms with van der Waals surface area (Å²) in [7, 11) is -3.76. The van der Waals surface area contributed by atoms with Gasteiger partial charge >= 0.3 is 5.97 Å². The Kier molecular flexibility index (Phi) is 6.02. The Bertz CT molecular complexity index is 1330. The number of fused-ring (bicyclic) bond motifs is 3. The fourth-order valence-corrected chi connectivity index (χ4v) is 5.77. The lowest BCUT2D eigenvalue weighted by Gasteiger charge is -2.25. The molecule has 0 fully saturated rings. The van der Waals surface area contributed by atoms with Gasteiger partial charge in [0.2, 0.25) is 0 Å². The number of aliphatic carboxylic acids is 1. The monoisotopic (exact) mass is 481 g/mol. The van der Waals surface area contributed by atoms with E-state index in [1.807, 2.05) is 0 Å². The molecule has 9 heteroatoms. The molecule has 0 saturated carbocycles. The predicted octanol–water partition coefficient (Wildman–Crippen LogP) is 5.11. The van der Waals surface area contributed by atoms with E-state index >= 15 is 0 Å². The minimum atomic E-state index is -3.76. The van der Waals surface area contributed by atoms with E-state index in [1.165, 1.54) is 18.2 Å². The van der Waals surface area contributed by atoms with Crippen molar-refractivity contribution in [1.29, 1.82) is 0 Å². The van der Waals surface area contributed by atoms with Crippen LogP contribution in [0.1, 0.15) is 42.0 Å². The highest BCUT2D eigenvalue weighted by Crippen LogP contribution is 2.42. The number of hydrogen-bond donors (Lipinski definition) is 1. The van der Waals surface area contributed by atoms with E-state index in [2.05, 4.69) is 0 Å². The normalized spacial score (nSPS) is 16.3. The Labute approximate surface area is 189 Å². The topological polar surface area (TPSA) is 76.4 Å². The first kappa shape index (κ1) is 22.7. The van der Waals surface area contributed by atoms with Crippen LogP contribution in [0.3, 0.4) is 0 Å². The molecule has 1 aliphatic rings. The summed E-state index contributed by atoms with van der Waals surface area (Å²) in [5.74, 6) is -2.47. The van der Waals surface area contributed by atoms with Gasteiger partial charge in [0.1, 0.15) is 11.6 Å². The Morgan fingerprint density at radius 3 is 2.66 bits per heavy atom. The van der Waals surface area contributed by atoms with Gasteiger partial charge in [-0.1, -0.05) is 17.7 Å². The van der Waals surface area contributed by atoms with Crippen LogP contribution >= 0.6 is 11.6 Å². The summed E-state index contributed by atoms with van der Waals surface area (Å²) in [6, 6.07) is 6.81. The van der Waals surface area contributed by atoms with Crippen LogP contribution in [-0.4, -0.2) is 30.3 Å². The van der Waals surface area contributed by atoms with Crippen molar-refractivity contribution in [1.82, 2.24) is 4.57 Å². The van der Waals surface area contributed by atoms with E-state index in [1.54, 1.807) is 10.6 Å². The molecule has 170 valence electrons. The van der Waals surface area contributed by atoms with E-state index in [-0.39, 0.29) is 28.8 Å². The molecule has 0 aliphatic heterocycles. The third-order valence-corrected chi connectivity index (χ3v) is 7.45. The molecule has 1 N–H and O–H groups in total. The van der Waals surface area contributed by atoms with Crippen molar-refractivity contribution >= 4 is 38.3 Å². The maximum atomic E-state index is 14.4. The highest BCUT2D eigenvalue weighted by molar-refractivity contribution is 7.91. The average molecular weight is 482 g/mol. The molecule has 0 saturated heterocycles. The largest absolute Gasteiger partial charge is 0.481 e. The lowest BCUT2D eigenvalue weighted by Crippen LogP contribution is -2.18. The second-order valence-corrected chi connectivity index (χ2v) is 10.7. The van der Waals surface area contributed by atoms with Crippen LogP contribution in [0.5, 0.6) is 0 Å². The molecule has 1 aromatic heterocycles. The Balaban J connectivity index is 1.93. The van der Waals surface area contributed by atoms with Gasteiger partial charge in [0.25, 0.3) is 0 Å². The van der Waals surface area contributed by atoms with E-state index in [4.69, 9.17) is 11.6 Å². The van der Waals surface area contributed by atoms with Crippen LogP contribution in [-0.2, 0) is 34.0 Å². The van der Waals surface area contributed by atoms with E-state index in [0.717, 1.165) is 30.0 Å². The third kappa shape index (κ3) is 4.26. The summed E-state index contributed by atoms with van der Waals surface area (Å²) in [5, 5.41) is 9.94. The molecule has 1 aliphatic carbocycles. The predicted molar refractivity (Wildman–Crippen MR) is 118 cm³/mol. The van der Waals surface area contributed by atoms with Crippen molar-refractivity contribution in [3.63, 3.8) is 0 Å². The van der Waals surface area contributed by atoms with Gasteiger partial charge in [-0.2, -0.15) is 0 Å². The highest BCUT2D eigenvalue weighted by atomic mass is 35.5. The average Bonchev–Trinajstić information content (AvgIpc) is 3.01. The van der Waals surface area contributed by atoms with Crippen molar-refractivity contribution < 1.29 is 27.1 Å². The van der Waals surface area contributed by atoms with Crippen molar-refractivity contribution in [2.75, 3.05) is 6.26 Å². The number of carboxylic acid groups (broad SMARTS) is 1. The first-order valence-electron chi connectivity index (χ1n) is 10.3. The summed E-state index contributed by atoms with van der Waals surface area (Å²) < 4.78 is 55.2. The van der Waals surface area contributed by atoms with Gasteiger partial charge in [0.05, 0.1) is 21.9 Å². The van der Waals surface area contributed by atoms with E-state index in [0.29, 0.717) is 35.7 Å². The summed E-state index contributed by atoms with van der Waals surface area (Å²) in [4.78, 5) is 11.4. The van der Waals surface area contributed by atoms with Crippen LogP contribution in [0.25, 0.3) is 10.9 Å². The van der Waals surface area contributed by atoms with Crippen LogP contribution in [0, 0.1) is 11.6 Å². The second-order valence-electron chi connectivity index (χ2n) is 8.27. The molecule has 0 spiro atoms. The lowest BCUT2D eigenvalue weighted by atomic mass is 9.84. The number of nitrogens with zero attached hydrogens (tertiary/aromatic N) is 1. The van der Waals surface area contributed by atoms with Crippen LogP contribution in [0.15, 0.2) is 35.2 Å². The quantitative estimate of drug-likeness (QED) is 0.530. The molecule has 5 nitrogen and oxygen atoms in total. The minimum Gasteiger partial charge on any atom is -0.481 e. The summed E-state index contributed by atoms with van der Waals surface area (Å²) >= 11 is 5.77. The van der Waals surface area contributed by atoms with Crippen molar-refractivity contribution in [3.05, 3.63) is 63.8 Å². The zero-order valence-corrected chi connectivity index (χ0v) is 18.9. The smallest absolute Gasteiger partial charge is 0.304 e. The van der Waals surface area contributed by atoms with Crippen molar-refractivity contribution in [2.24, 2.45) is 0 Å². The first-order chi connectivity index (χ1) is 15.1. The van der Waals surface area contributed by atoms with Crippen molar-refractivity contribution in [2.45, 2.75) is 49.5 Å². The van der Waals surface area contributed by atoms with E-state index in [9.17, 15) is 27.1 Å². The van der Waals surface area contributed by atoms with Crippen molar-refractivity contribution in [3.8, 4) is 0 Å². The lowest BCUT2D eigenvalue weighted by molar-refractivity contribution is -0.137. The molecular weight excluding hydrogens is 460 g/mol. The standard InChI is InChI=1S/C23H22ClF2NO4S/c1-32(30,31)20-12-15(25)11-17-16-4-2-3-14(10-21(28)29)22(16)27(23(17)20)8-7-13-5-6-18(24)19(26)9-13/h5-6,9,11-12,14H,2-4,7-8,10H2,1H3,(H,28,29)/t14-/m1/s1. The number of sulfone groups is 1. The SMILES string of the molecule is CS(=O)(=O)c1cc(F)cc2c3c(n(CCc4ccc(Cl)c(F)c4)c12)[C@@H](CC(=O)O)CCC3. The molecular formula is C23H22ClF2NO4S. The minimum absolute atomic E-state index is 0.00824. The molecule has 1 heterocycles. The van der Waals surface area contributed by atoms with Gasteiger partial charge in [-0.05, 0) is 61.1 Å². The van der Waals surface area contributed by atoms with Gasteiger partial charge in [0, 0.05) is 29.8 Å². The number of aryl methyl sites for hydroxylation is 3. The van der Waals surface area contributed by atoms with Gasteiger partial charge in [-0.15, -0.1) is 0 Å². The molecule has 0 radical (unpaired) electrons. The molecule has 2 aromatic carbocycles. The van der Waals surface area contributed by atoms with Crippen LogP contribution in [0.2, 0.25) is 5.02 Å². The first-order valence-corrected chi connectivity index (χ1v) is 12.5. The maximum Gasteiger partial charge on any atom is 0.304 e. The fourth-order valence-electron chi connectivity index (χ4n) is 4.76. The number of aromatic nitrogens is 1. The third-order valence-electron chi connectivity index (χ3n) is 6.03. The second kappa shape index (κ2) is 8.48. The summed E-state index contributed by atoms with van der Waals surface area (Å²) in [6.07, 6.45) is 3.28. The Hall–Kier alpha value is -2.45. The summed E-state index contributed by atoms with van der Waals surface area (Å²) in [6.45, 7) is 0.289. The molecule has 0 bridgehead atoms. The van der Waals surface area contributed by atoms with Crippen LogP contribution < -0.4 is 0 Å². The van der Waals surface area contributed by atoms with Gasteiger partial charge in [-0.3, -0.25) is 4.79 Å². The number of rotatable bonds is 6. The molecule has 3 aromatic rings. The number of carbonyl (C=O) groups is 1. The molecule has 0 amide bonds. The summed E-state index contributed by atoms with van der Waals surface area (Å²) in [5.41, 5.74) is 2.57. The Morgan fingerprint density at radius 2 is 2.00 bits per heavy atom. The highest BCUT2D eigenvalue weighted by Gasteiger charge is 2.31. The number of carboxylic acids is 1. The molecule has 1 atom stereocenters. The number of halogens is 3. The molecule has 0 unspecified atom stereocenters. The Morgan fingerprint density at radius 1 is 1.25 bits per heavy atom. The zero-order chi connectivity index (χ0) is 23.2. The van der Waals surface area contributed by atoms with Gasteiger partial charge in [-0.25, -0.2) is 17.2 Å².